The first-order valence-corrected chi connectivity index (χ1v) is 20.9. The number of thioether (sulfide) groups is 1. The van der Waals surface area contributed by atoms with Crippen LogP contribution in [-0.2, 0) is 52.7 Å². The van der Waals surface area contributed by atoms with Crippen LogP contribution < -0.4 is 48.3 Å². The molecule has 0 aromatic rings. The van der Waals surface area contributed by atoms with Crippen molar-refractivity contribution in [2.45, 2.75) is 115 Å². The minimum atomic E-state index is -1.87. The largest absolute Gasteiger partial charge is 0.481 e. The number of aliphatic carboxylic acids is 3. The third-order valence-electron chi connectivity index (χ3n) is 9.18. The average Bonchev–Trinajstić information content (AvgIpc) is 3.20. The third-order valence-corrected chi connectivity index (χ3v) is 9.83. The van der Waals surface area contributed by atoms with Crippen molar-refractivity contribution in [2.24, 2.45) is 17.6 Å². The Kier molecular flexibility index (Phi) is 26.3. The SMILES string of the molecule is CC[C@H](C)[C@H](NC(=O)[C@H](CO)NC(=O)CNC(=O)[C@@H](N)[C@@H](C)O)C(=O)N[C@@H](CC(=O)O)C(=O)N[C@@H](CCSC)C(=O)N[C@H](C(=O)N[C@@H](CC(=O)O)C(=O)N[C@@H](CO)C(=O)O)C(C)C. The minimum Gasteiger partial charge on any atom is -0.481 e. The van der Waals surface area contributed by atoms with Gasteiger partial charge in [-0.2, -0.15) is 11.8 Å². The van der Waals surface area contributed by atoms with E-state index < -0.39 is 164 Å². The first kappa shape index (κ1) is 57.4. The Morgan fingerprint density at radius 3 is 1.41 bits per heavy atom. The van der Waals surface area contributed by atoms with Gasteiger partial charge < -0.3 is 78.9 Å². The summed E-state index contributed by atoms with van der Waals surface area (Å²) in [6, 6.07) is -13.1. The zero-order valence-electron chi connectivity index (χ0n) is 35.7. The lowest BCUT2D eigenvalue weighted by molar-refractivity contribution is -0.144. The summed E-state index contributed by atoms with van der Waals surface area (Å²) in [5.74, 6) is -14.6. The highest BCUT2D eigenvalue weighted by molar-refractivity contribution is 7.98. The molecule has 26 nitrogen and oxygen atoms in total. The molecule has 27 heteroatoms. The second-order valence-electron chi connectivity index (χ2n) is 14.6. The van der Waals surface area contributed by atoms with Gasteiger partial charge in [-0.05, 0) is 37.2 Å². The van der Waals surface area contributed by atoms with Crippen LogP contribution in [0.3, 0.4) is 0 Å². The van der Waals surface area contributed by atoms with Crippen LogP contribution in [-0.4, -0.2) is 182 Å². The Morgan fingerprint density at radius 1 is 0.571 bits per heavy atom. The van der Waals surface area contributed by atoms with Crippen molar-refractivity contribution in [1.82, 2.24) is 42.5 Å². The second-order valence-corrected chi connectivity index (χ2v) is 15.6. The molecule has 8 amide bonds. The first-order chi connectivity index (χ1) is 29.3. The van der Waals surface area contributed by atoms with Gasteiger partial charge in [0.05, 0.1) is 38.7 Å². The molecule has 0 aliphatic heterocycles. The number of nitrogens with two attached hydrogens (primary N) is 1. The number of hydrogen-bond acceptors (Lipinski definition) is 16. The van der Waals surface area contributed by atoms with E-state index in [-0.39, 0.29) is 18.6 Å². The molecule has 0 rings (SSSR count). The van der Waals surface area contributed by atoms with E-state index in [1.54, 1.807) is 13.2 Å². The maximum atomic E-state index is 13.7. The highest BCUT2D eigenvalue weighted by Gasteiger charge is 2.37. The molecule has 0 bridgehead atoms. The molecule has 0 saturated heterocycles. The molecule has 0 radical (unpaired) electrons. The van der Waals surface area contributed by atoms with Gasteiger partial charge in [-0.1, -0.05) is 34.1 Å². The molecule has 0 spiro atoms. The van der Waals surface area contributed by atoms with Gasteiger partial charge in [0, 0.05) is 0 Å². The summed E-state index contributed by atoms with van der Waals surface area (Å²) in [5.41, 5.74) is 5.50. The quantitative estimate of drug-likeness (QED) is 0.0319. The molecule has 0 aliphatic carbocycles. The maximum Gasteiger partial charge on any atom is 0.328 e. The molecule has 0 heterocycles. The van der Waals surface area contributed by atoms with E-state index in [0.29, 0.717) is 0 Å². The number of aliphatic hydroxyl groups is 3. The molecule has 0 fully saturated rings. The molecule has 10 atom stereocenters. The lowest BCUT2D eigenvalue weighted by Crippen LogP contribution is -2.61. The molecule has 0 aliphatic rings. The minimum absolute atomic E-state index is 0.114. The van der Waals surface area contributed by atoms with Crippen molar-refractivity contribution >= 4 is 76.9 Å². The molecule has 0 aromatic heterocycles. The van der Waals surface area contributed by atoms with E-state index >= 15 is 0 Å². The van der Waals surface area contributed by atoms with Gasteiger partial charge in [-0.25, -0.2) is 4.79 Å². The van der Waals surface area contributed by atoms with Crippen molar-refractivity contribution in [3.05, 3.63) is 0 Å². The van der Waals surface area contributed by atoms with Crippen LogP contribution in [0.1, 0.15) is 60.3 Å². The zero-order chi connectivity index (χ0) is 48.7. The van der Waals surface area contributed by atoms with Crippen LogP contribution in [0.2, 0.25) is 0 Å². The van der Waals surface area contributed by atoms with Gasteiger partial charge in [0.2, 0.25) is 47.3 Å². The van der Waals surface area contributed by atoms with Crippen LogP contribution >= 0.6 is 11.8 Å². The highest BCUT2D eigenvalue weighted by atomic mass is 32.2. The predicted octanol–water partition coefficient (Wildman–Crippen LogP) is -6.32. The highest BCUT2D eigenvalue weighted by Crippen LogP contribution is 2.11. The van der Waals surface area contributed by atoms with E-state index in [1.165, 1.54) is 39.5 Å². The van der Waals surface area contributed by atoms with Crippen LogP contribution in [0.15, 0.2) is 0 Å². The Balaban J connectivity index is 6.27. The monoisotopic (exact) mass is 923 g/mol. The van der Waals surface area contributed by atoms with Gasteiger partial charge in [-0.3, -0.25) is 47.9 Å². The fraction of sp³-hybridized carbons (Fsp3) is 0.694. The van der Waals surface area contributed by atoms with Crippen LogP contribution in [0.25, 0.3) is 0 Å². The number of carbonyl (C=O) groups is 11. The number of carbonyl (C=O) groups excluding carboxylic acids is 8. The van der Waals surface area contributed by atoms with Crippen molar-refractivity contribution < 1.29 is 83.4 Å². The Bertz CT molecular complexity index is 1640. The van der Waals surface area contributed by atoms with Gasteiger partial charge >= 0.3 is 17.9 Å². The van der Waals surface area contributed by atoms with Crippen molar-refractivity contribution in [3.8, 4) is 0 Å². The van der Waals surface area contributed by atoms with E-state index in [2.05, 4.69) is 37.2 Å². The fourth-order valence-electron chi connectivity index (χ4n) is 5.21. The normalized spacial score (nSPS) is 15.8. The molecule has 63 heavy (non-hydrogen) atoms. The Morgan fingerprint density at radius 2 is 1.00 bits per heavy atom. The first-order valence-electron chi connectivity index (χ1n) is 19.5. The number of nitrogens with one attached hydrogen (secondary N) is 8. The number of rotatable bonds is 30. The van der Waals surface area contributed by atoms with Crippen LogP contribution in [0, 0.1) is 11.8 Å². The Labute approximate surface area is 366 Å². The summed E-state index contributed by atoms with van der Waals surface area (Å²) in [5, 5.41) is 74.4. The molecular formula is C36H61N9O17S. The number of carboxylic acids is 3. The number of aliphatic hydroxyl groups excluding tert-OH is 3. The molecule has 0 aromatic carbocycles. The Hall–Kier alpha value is -5.64. The van der Waals surface area contributed by atoms with Crippen molar-refractivity contribution in [1.29, 1.82) is 0 Å². The van der Waals surface area contributed by atoms with E-state index in [4.69, 9.17) is 10.8 Å². The summed E-state index contributed by atoms with van der Waals surface area (Å²) >= 11 is 1.24. The maximum absolute atomic E-state index is 13.7. The number of carboxylic acid groups (broad SMARTS) is 3. The van der Waals surface area contributed by atoms with Crippen LogP contribution in [0.5, 0.6) is 0 Å². The summed E-state index contributed by atoms with van der Waals surface area (Å²) in [6.07, 6.45) is -1.52. The van der Waals surface area contributed by atoms with E-state index in [0.717, 1.165) is 0 Å². The van der Waals surface area contributed by atoms with Crippen molar-refractivity contribution in [2.75, 3.05) is 31.8 Å². The summed E-state index contributed by atoms with van der Waals surface area (Å²) in [7, 11) is 0. The predicted molar refractivity (Wildman–Crippen MR) is 220 cm³/mol. The van der Waals surface area contributed by atoms with Gasteiger partial charge in [0.25, 0.3) is 0 Å². The molecule has 0 unspecified atom stereocenters. The lowest BCUT2D eigenvalue weighted by atomic mass is 9.97. The number of amides is 8. The summed E-state index contributed by atoms with van der Waals surface area (Å²) < 4.78 is 0. The van der Waals surface area contributed by atoms with Gasteiger partial charge in [0.1, 0.15) is 48.3 Å². The summed E-state index contributed by atoms with van der Waals surface area (Å²) in [6.45, 7) is 4.59. The topological polar surface area (TPSA) is 431 Å². The van der Waals surface area contributed by atoms with Gasteiger partial charge in [0.15, 0.2) is 0 Å². The summed E-state index contributed by atoms with van der Waals surface area (Å²) in [4.78, 5) is 139. The molecule has 16 N–H and O–H groups in total. The zero-order valence-corrected chi connectivity index (χ0v) is 36.5. The van der Waals surface area contributed by atoms with E-state index in [1.807, 2.05) is 5.32 Å². The molecule has 0 saturated carbocycles. The molecular weight excluding hydrogens is 863 g/mol. The third kappa shape index (κ3) is 20.9. The average molecular weight is 924 g/mol. The second kappa shape index (κ2) is 28.9. The lowest BCUT2D eigenvalue weighted by Gasteiger charge is -2.29. The molecule has 358 valence electrons. The standard InChI is InChI=1S/C36H61N9O17S/c1-7-16(4)28(45-32(57)21(13-46)39-23(49)12-38-33(58)26(37)17(5)48)35(60)42-19(10-24(50)51)30(55)40-18(8-9-63-6)29(54)44-27(15(2)3)34(59)41-20(11-25(52)53)31(56)43-22(14-47)36(61)62/h15-22,26-28,46-48H,7-14,37H2,1-6H3,(H,38,58)(H,39,49)(H,40,55)(H,41,59)(H,42,60)(H,43,56)(H,44,54)(H,45,57)(H,50,51)(H,52,53)(H,61,62)/t16-,17+,18-,19-,20-,21-,22-,26-,27-,28-/m0/s1. The van der Waals surface area contributed by atoms with E-state index in [9.17, 15) is 78.3 Å². The fourth-order valence-corrected chi connectivity index (χ4v) is 5.69. The number of hydrogen-bond donors (Lipinski definition) is 15. The smallest absolute Gasteiger partial charge is 0.328 e. The van der Waals surface area contributed by atoms with Gasteiger partial charge in [-0.15, -0.1) is 0 Å². The van der Waals surface area contributed by atoms with Crippen molar-refractivity contribution in [3.63, 3.8) is 0 Å². The van der Waals surface area contributed by atoms with Crippen LogP contribution in [0.4, 0.5) is 0 Å².